The van der Waals surface area contributed by atoms with Gasteiger partial charge < -0.3 is 5.32 Å². The first-order chi connectivity index (χ1) is 12.0. The van der Waals surface area contributed by atoms with Crippen LogP contribution in [0.15, 0.2) is 40.2 Å². The Labute approximate surface area is 167 Å². The smallest absolute Gasteiger partial charge is 0.241 e. The molecule has 0 unspecified atom stereocenters. The van der Waals surface area contributed by atoms with E-state index in [2.05, 4.69) is 66.3 Å². The minimum Gasteiger partial charge on any atom is -0.347 e. The zero-order valence-electron chi connectivity index (χ0n) is 15.7. The summed E-state index contributed by atoms with van der Waals surface area (Å²) in [7, 11) is 1.65. The number of thiophene rings is 1. The molecular formula is C20H24BrN3OS. The highest BCUT2D eigenvalue weighted by atomic mass is 79.9. The standard InChI is InChI=1S/C20H24BrN3OS/c1-19(2,3)12-6-8-13(9-7-12)20(4)16(15-10-14(21)11-26-15)23-18(22)24(5)17(20)25/h6-11,16H,1-5H3,(H2,22,23)/t16-,20-/m1/s1. The molecule has 2 atom stereocenters. The van der Waals surface area contributed by atoms with Gasteiger partial charge in [-0.2, -0.15) is 0 Å². The summed E-state index contributed by atoms with van der Waals surface area (Å²) in [4.78, 5) is 15.7. The quantitative estimate of drug-likeness (QED) is 0.713. The third kappa shape index (κ3) is 3.09. The molecule has 0 saturated carbocycles. The number of hydrogen-bond acceptors (Lipinski definition) is 3. The largest absolute Gasteiger partial charge is 0.347 e. The summed E-state index contributed by atoms with van der Waals surface area (Å²) in [5, 5.41) is 13.4. The van der Waals surface area contributed by atoms with Gasteiger partial charge in [-0.15, -0.1) is 11.3 Å². The maximum Gasteiger partial charge on any atom is 0.241 e. The molecule has 138 valence electrons. The van der Waals surface area contributed by atoms with E-state index >= 15 is 0 Å². The van der Waals surface area contributed by atoms with E-state index in [1.807, 2.05) is 18.4 Å². The van der Waals surface area contributed by atoms with Gasteiger partial charge in [0.1, 0.15) is 0 Å². The minimum atomic E-state index is -0.792. The van der Waals surface area contributed by atoms with E-state index in [0.29, 0.717) is 0 Å². The molecule has 1 aliphatic rings. The normalized spacial score (nSPS) is 23.9. The van der Waals surface area contributed by atoms with Crippen LogP contribution in [0.3, 0.4) is 0 Å². The Hall–Kier alpha value is -1.66. The summed E-state index contributed by atoms with van der Waals surface area (Å²) >= 11 is 5.09. The van der Waals surface area contributed by atoms with Crippen LogP contribution in [0.4, 0.5) is 0 Å². The van der Waals surface area contributed by atoms with Crippen LogP contribution in [0.5, 0.6) is 0 Å². The molecule has 1 aromatic heterocycles. The third-order valence-corrected chi connectivity index (χ3v) is 6.92. The van der Waals surface area contributed by atoms with Crippen molar-refractivity contribution in [3.8, 4) is 0 Å². The van der Waals surface area contributed by atoms with E-state index < -0.39 is 5.41 Å². The summed E-state index contributed by atoms with van der Waals surface area (Å²) in [6.07, 6.45) is 0. The molecule has 0 spiro atoms. The van der Waals surface area contributed by atoms with Crippen molar-refractivity contribution in [1.82, 2.24) is 10.2 Å². The fourth-order valence-electron chi connectivity index (χ4n) is 3.39. The highest BCUT2D eigenvalue weighted by molar-refractivity contribution is 9.10. The molecule has 1 aliphatic heterocycles. The first-order valence-electron chi connectivity index (χ1n) is 8.53. The molecule has 4 nitrogen and oxygen atoms in total. The second kappa shape index (κ2) is 6.50. The Bertz CT molecular complexity index is 853. The number of carbonyl (C=O) groups excluding carboxylic acids is 1. The van der Waals surface area contributed by atoms with Gasteiger partial charge in [-0.05, 0) is 45.5 Å². The molecule has 0 radical (unpaired) electrons. The number of amides is 1. The molecule has 1 saturated heterocycles. The zero-order chi connectivity index (χ0) is 19.3. The Kier molecular flexibility index (Phi) is 4.78. The van der Waals surface area contributed by atoms with E-state index in [-0.39, 0.29) is 23.3 Å². The molecule has 26 heavy (non-hydrogen) atoms. The molecular weight excluding hydrogens is 410 g/mol. The number of rotatable bonds is 2. The van der Waals surface area contributed by atoms with Crippen molar-refractivity contribution in [3.63, 3.8) is 0 Å². The number of hydrogen-bond donors (Lipinski definition) is 2. The average molecular weight is 434 g/mol. The number of guanidine groups is 1. The van der Waals surface area contributed by atoms with Gasteiger partial charge in [-0.3, -0.25) is 15.1 Å². The van der Waals surface area contributed by atoms with Crippen molar-refractivity contribution in [2.75, 3.05) is 7.05 Å². The number of halogens is 1. The number of carbonyl (C=O) groups is 1. The SMILES string of the molecule is CN1C(=N)N[C@H](c2cc(Br)cs2)[C@@](C)(c2ccc(C(C)(C)C)cc2)C1=O. The van der Waals surface area contributed by atoms with Crippen molar-refractivity contribution >= 4 is 39.1 Å². The van der Waals surface area contributed by atoms with Crippen molar-refractivity contribution in [1.29, 1.82) is 5.41 Å². The second-order valence-corrected chi connectivity index (χ2v) is 9.85. The number of benzene rings is 1. The molecule has 2 N–H and O–H groups in total. The molecule has 6 heteroatoms. The van der Waals surface area contributed by atoms with E-state index in [1.165, 1.54) is 10.5 Å². The van der Waals surface area contributed by atoms with Crippen LogP contribution >= 0.6 is 27.3 Å². The highest BCUT2D eigenvalue weighted by Crippen LogP contribution is 2.44. The molecule has 0 aliphatic carbocycles. The summed E-state index contributed by atoms with van der Waals surface area (Å²) in [5.41, 5.74) is 1.46. The molecule has 3 rings (SSSR count). The molecule has 1 fully saturated rings. The number of nitrogens with one attached hydrogen (secondary N) is 2. The highest BCUT2D eigenvalue weighted by Gasteiger charge is 2.50. The predicted octanol–water partition coefficient (Wildman–Crippen LogP) is 4.80. The Morgan fingerprint density at radius 2 is 1.88 bits per heavy atom. The van der Waals surface area contributed by atoms with E-state index in [1.54, 1.807) is 18.4 Å². The minimum absolute atomic E-state index is 0.0607. The molecule has 1 amide bonds. The Morgan fingerprint density at radius 3 is 2.38 bits per heavy atom. The maximum atomic E-state index is 13.3. The van der Waals surface area contributed by atoms with Gasteiger partial charge in [-0.25, -0.2) is 0 Å². The summed E-state index contributed by atoms with van der Waals surface area (Å²) in [6, 6.07) is 10.1. The van der Waals surface area contributed by atoms with Gasteiger partial charge in [0.15, 0.2) is 5.96 Å². The van der Waals surface area contributed by atoms with Crippen LogP contribution in [0.25, 0.3) is 0 Å². The van der Waals surface area contributed by atoms with Crippen LogP contribution < -0.4 is 5.32 Å². The Morgan fingerprint density at radius 1 is 1.27 bits per heavy atom. The molecule has 1 aromatic carbocycles. The van der Waals surface area contributed by atoms with Crippen LogP contribution in [-0.2, 0) is 15.6 Å². The van der Waals surface area contributed by atoms with E-state index in [4.69, 9.17) is 5.41 Å². The van der Waals surface area contributed by atoms with Gasteiger partial charge in [0.05, 0.1) is 11.5 Å². The summed E-state index contributed by atoms with van der Waals surface area (Å²) in [6.45, 7) is 8.50. The fraction of sp³-hybridized carbons (Fsp3) is 0.400. The van der Waals surface area contributed by atoms with E-state index in [9.17, 15) is 4.79 Å². The van der Waals surface area contributed by atoms with Gasteiger partial charge >= 0.3 is 0 Å². The van der Waals surface area contributed by atoms with Crippen molar-refractivity contribution in [2.45, 2.75) is 44.6 Å². The maximum absolute atomic E-state index is 13.3. The van der Waals surface area contributed by atoms with E-state index in [0.717, 1.165) is 14.9 Å². The lowest BCUT2D eigenvalue weighted by Crippen LogP contribution is -2.61. The number of likely N-dealkylation sites (N-methyl/N-ethyl adjacent to an activating group) is 1. The Balaban J connectivity index is 2.11. The fourth-order valence-corrected chi connectivity index (χ4v) is 5.01. The molecule has 0 bridgehead atoms. The molecule has 2 aromatic rings. The van der Waals surface area contributed by atoms with Crippen LogP contribution in [-0.4, -0.2) is 23.8 Å². The topological polar surface area (TPSA) is 56.2 Å². The van der Waals surface area contributed by atoms with Crippen LogP contribution in [0, 0.1) is 5.41 Å². The first kappa shape index (κ1) is 19.1. The number of nitrogens with zero attached hydrogens (tertiary/aromatic N) is 1. The van der Waals surface area contributed by atoms with Gasteiger partial charge in [0.25, 0.3) is 0 Å². The van der Waals surface area contributed by atoms with Crippen molar-refractivity contribution < 1.29 is 4.79 Å². The van der Waals surface area contributed by atoms with Crippen molar-refractivity contribution in [3.05, 3.63) is 56.2 Å². The van der Waals surface area contributed by atoms with Crippen LogP contribution in [0.2, 0.25) is 0 Å². The third-order valence-electron chi connectivity index (χ3n) is 5.17. The lowest BCUT2D eigenvalue weighted by Gasteiger charge is -2.45. The van der Waals surface area contributed by atoms with Crippen LogP contribution in [0.1, 0.15) is 49.7 Å². The summed E-state index contributed by atoms with van der Waals surface area (Å²) < 4.78 is 0.989. The lowest BCUT2D eigenvalue weighted by molar-refractivity contribution is -0.134. The first-order valence-corrected chi connectivity index (χ1v) is 10.2. The van der Waals surface area contributed by atoms with Gasteiger partial charge in [0.2, 0.25) is 5.91 Å². The monoisotopic (exact) mass is 433 g/mol. The lowest BCUT2D eigenvalue weighted by atomic mass is 9.72. The molecule has 2 heterocycles. The average Bonchev–Trinajstić information content (AvgIpc) is 3.01. The predicted molar refractivity (Wildman–Crippen MR) is 111 cm³/mol. The summed E-state index contributed by atoms with van der Waals surface area (Å²) in [5.74, 6) is 0.0626. The second-order valence-electron chi connectivity index (χ2n) is 7.99. The van der Waals surface area contributed by atoms with Crippen molar-refractivity contribution in [2.24, 2.45) is 0 Å². The van der Waals surface area contributed by atoms with Gasteiger partial charge in [0, 0.05) is 21.8 Å². The zero-order valence-corrected chi connectivity index (χ0v) is 18.1. The van der Waals surface area contributed by atoms with Gasteiger partial charge in [-0.1, -0.05) is 45.0 Å².